The number of nitrogens with one attached hydrogen (secondary N) is 1. The molecule has 7 heteroatoms. The van der Waals surface area contributed by atoms with Crippen LogP contribution in [0.25, 0.3) is 0 Å². The van der Waals surface area contributed by atoms with Crippen LogP contribution in [0.2, 0.25) is 0 Å². The van der Waals surface area contributed by atoms with E-state index in [1.54, 1.807) is 24.9 Å². The fraction of sp³-hybridized carbons (Fsp3) is 0.333. The van der Waals surface area contributed by atoms with Crippen molar-refractivity contribution in [1.82, 2.24) is 9.55 Å². The first-order valence-electron chi connectivity index (χ1n) is 10.1. The van der Waals surface area contributed by atoms with Crippen molar-refractivity contribution >= 4 is 11.8 Å². The summed E-state index contributed by atoms with van der Waals surface area (Å²) in [5, 5.41) is 0.649. The number of methoxy groups -OCH3 is 2. The molecule has 0 bridgehead atoms. The molecular formula is C24H28N2O4S. The van der Waals surface area contributed by atoms with Gasteiger partial charge in [0.1, 0.15) is 11.5 Å². The van der Waals surface area contributed by atoms with Crippen molar-refractivity contribution in [3.05, 3.63) is 79.5 Å². The molecule has 2 aromatic carbocycles. The number of ether oxygens (including phenoxy) is 2. The highest BCUT2D eigenvalue weighted by molar-refractivity contribution is 7.99. The van der Waals surface area contributed by atoms with Gasteiger partial charge in [0.25, 0.3) is 5.56 Å². The number of benzene rings is 2. The van der Waals surface area contributed by atoms with Gasteiger partial charge in [-0.3, -0.25) is 14.3 Å². The lowest BCUT2D eigenvalue weighted by atomic mass is 10.1. The van der Waals surface area contributed by atoms with Gasteiger partial charge in [0.2, 0.25) is 0 Å². The molecular weight excluding hydrogens is 412 g/mol. The zero-order valence-electron chi connectivity index (χ0n) is 18.7. The fourth-order valence-electron chi connectivity index (χ4n) is 3.57. The summed E-state index contributed by atoms with van der Waals surface area (Å²) in [6.45, 7) is 8.26. The Morgan fingerprint density at radius 1 is 0.935 bits per heavy atom. The molecule has 0 fully saturated rings. The zero-order chi connectivity index (χ0) is 22.7. The largest absolute Gasteiger partial charge is 0.497 e. The van der Waals surface area contributed by atoms with Gasteiger partial charge in [-0.05, 0) is 60.7 Å². The summed E-state index contributed by atoms with van der Waals surface area (Å²) in [7, 11) is 3.17. The first-order valence-corrected chi connectivity index (χ1v) is 10.9. The Kier molecular flexibility index (Phi) is 6.95. The van der Waals surface area contributed by atoms with Crippen molar-refractivity contribution in [1.29, 1.82) is 0 Å². The van der Waals surface area contributed by atoms with E-state index in [1.807, 2.05) is 39.8 Å². The third-order valence-corrected chi connectivity index (χ3v) is 6.03. The number of hydrogen-bond acceptors (Lipinski definition) is 5. The summed E-state index contributed by atoms with van der Waals surface area (Å²) in [5.74, 6) is 1.22. The molecule has 3 rings (SSSR count). The Labute approximate surface area is 186 Å². The summed E-state index contributed by atoms with van der Waals surface area (Å²) in [6, 6.07) is 11.7. The molecule has 1 heterocycles. The molecule has 1 aromatic heterocycles. The molecule has 0 saturated carbocycles. The normalized spacial score (nSPS) is 11.1. The maximum atomic E-state index is 12.9. The molecule has 0 aliphatic carbocycles. The zero-order valence-corrected chi connectivity index (χ0v) is 19.6. The highest BCUT2D eigenvalue weighted by atomic mass is 32.2. The van der Waals surface area contributed by atoms with Crippen LogP contribution in [-0.2, 0) is 6.54 Å². The Balaban J connectivity index is 2.19. The standard InChI is InChI=1S/C24H28N2O4S/c1-14(2)21-22(27)25-24(28)26(13-17-10-18(29-5)12-19(11-17)30-6)23(21)31-20-8-15(3)7-16(4)9-20/h7-12,14H,13H2,1-6H3,(H,25,27,28). The van der Waals surface area contributed by atoms with Gasteiger partial charge in [-0.1, -0.05) is 31.7 Å². The van der Waals surface area contributed by atoms with Gasteiger partial charge in [0.15, 0.2) is 0 Å². The van der Waals surface area contributed by atoms with Crippen LogP contribution in [0.5, 0.6) is 11.5 Å². The molecule has 0 amide bonds. The van der Waals surface area contributed by atoms with E-state index in [0.717, 1.165) is 21.6 Å². The number of nitrogens with zero attached hydrogens (tertiary/aromatic N) is 1. The van der Waals surface area contributed by atoms with Gasteiger partial charge in [0.05, 0.1) is 31.4 Å². The van der Waals surface area contributed by atoms with Gasteiger partial charge in [-0.25, -0.2) is 4.79 Å². The van der Waals surface area contributed by atoms with E-state index in [9.17, 15) is 9.59 Å². The van der Waals surface area contributed by atoms with Crippen molar-refractivity contribution in [2.24, 2.45) is 0 Å². The number of aromatic amines is 1. The molecule has 31 heavy (non-hydrogen) atoms. The second kappa shape index (κ2) is 9.47. The van der Waals surface area contributed by atoms with E-state index >= 15 is 0 Å². The minimum absolute atomic E-state index is 0.0520. The molecule has 0 saturated heterocycles. The van der Waals surface area contributed by atoms with Crippen molar-refractivity contribution < 1.29 is 9.47 Å². The molecule has 0 spiro atoms. The second-order valence-corrected chi connectivity index (χ2v) is 8.93. The van der Waals surface area contributed by atoms with Gasteiger partial charge in [-0.15, -0.1) is 0 Å². The average molecular weight is 441 g/mol. The molecule has 164 valence electrons. The monoisotopic (exact) mass is 440 g/mol. The van der Waals surface area contributed by atoms with Gasteiger partial charge < -0.3 is 9.47 Å². The lowest BCUT2D eigenvalue weighted by molar-refractivity contribution is 0.393. The predicted molar refractivity (Wildman–Crippen MR) is 124 cm³/mol. The van der Waals surface area contributed by atoms with Crippen molar-refractivity contribution in [3.8, 4) is 11.5 Å². The molecule has 0 unspecified atom stereocenters. The molecule has 0 aliphatic heterocycles. The van der Waals surface area contributed by atoms with E-state index in [0.29, 0.717) is 22.1 Å². The average Bonchev–Trinajstić information content (AvgIpc) is 2.69. The Bertz CT molecular complexity index is 1170. The van der Waals surface area contributed by atoms with Crippen molar-refractivity contribution in [3.63, 3.8) is 0 Å². The van der Waals surface area contributed by atoms with Crippen LogP contribution >= 0.6 is 11.8 Å². The molecule has 3 aromatic rings. The summed E-state index contributed by atoms with van der Waals surface area (Å²) < 4.78 is 12.4. The number of aromatic nitrogens is 2. The Hall–Kier alpha value is -2.93. The minimum atomic E-state index is -0.442. The second-order valence-electron chi connectivity index (χ2n) is 7.87. The predicted octanol–water partition coefficient (Wildman–Crippen LogP) is 4.49. The number of hydrogen-bond donors (Lipinski definition) is 1. The summed E-state index contributed by atoms with van der Waals surface area (Å²) in [4.78, 5) is 29.1. The highest BCUT2D eigenvalue weighted by Crippen LogP contribution is 2.33. The highest BCUT2D eigenvalue weighted by Gasteiger charge is 2.20. The smallest absolute Gasteiger partial charge is 0.329 e. The van der Waals surface area contributed by atoms with Crippen LogP contribution in [0.1, 0.15) is 42.0 Å². The molecule has 0 atom stereocenters. The van der Waals surface area contributed by atoms with Crippen LogP contribution in [0.4, 0.5) is 0 Å². The van der Waals surface area contributed by atoms with Crippen LogP contribution < -0.4 is 20.7 Å². The van der Waals surface area contributed by atoms with Crippen LogP contribution in [0.3, 0.4) is 0 Å². The number of rotatable bonds is 7. The quantitative estimate of drug-likeness (QED) is 0.548. The lowest BCUT2D eigenvalue weighted by Crippen LogP contribution is -2.34. The third kappa shape index (κ3) is 5.22. The molecule has 6 nitrogen and oxygen atoms in total. The first-order chi connectivity index (χ1) is 14.7. The SMILES string of the molecule is COc1cc(Cn2c(Sc3cc(C)cc(C)c3)c(C(C)C)c(=O)[nH]c2=O)cc(OC)c1. The minimum Gasteiger partial charge on any atom is -0.497 e. The number of aryl methyl sites for hydroxylation is 2. The van der Waals surface area contributed by atoms with E-state index < -0.39 is 5.69 Å². The van der Waals surface area contributed by atoms with Crippen LogP contribution in [-0.4, -0.2) is 23.8 Å². The first kappa shape index (κ1) is 22.7. The maximum Gasteiger partial charge on any atom is 0.329 e. The van der Waals surface area contributed by atoms with E-state index in [2.05, 4.69) is 23.2 Å². The van der Waals surface area contributed by atoms with Gasteiger partial charge >= 0.3 is 5.69 Å². The van der Waals surface area contributed by atoms with E-state index in [4.69, 9.17) is 9.47 Å². The summed E-state index contributed by atoms with van der Waals surface area (Å²) in [6.07, 6.45) is 0. The topological polar surface area (TPSA) is 73.3 Å². The summed E-state index contributed by atoms with van der Waals surface area (Å²) >= 11 is 1.45. The van der Waals surface area contributed by atoms with Crippen molar-refractivity contribution in [2.45, 2.75) is 50.1 Å². The van der Waals surface area contributed by atoms with Crippen LogP contribution in [0.15, 0.2) is 55.9 Å². The van der Waals surface area contributed by atoms with E-state index in [1.165, 1.54) is 11.8 Å². The summed E-state index contributed by atoms with van der Waals surface area (Å²) in [5.41, 5.74) is 2.91. The van der Waals surface area contributed by atoms with Gasteiger partial charge in [-0.2, -0.15) is 0 Å². The Morgan fingerprint density at radius 3 is 2.03 bits per heavy atom. The molecule has 0 aliphatic rings. The fourth-order valence-corrected chi connectivity index (χ4v) is 4.98. The van der Waals surface area contributed by atoms with Crippen molar-refractivity contribution in [2.75, 3.05) is 14.2 Å². The third-order valence-electron chi connectivity index (χ3n) is 4.92. The number of H-pyrrole nitrogens is 1. The van der Waals surface area contributed by atoms with Gasteiger partial charge in [0, 0.05) is 11.0 Å². The van der Waals surface area contributed by atoms with Crippen LogP contribution in [0, 0.1) is 13.8 Å². The molecule has 1 N–H and O–H groups in total. The molecule has 0 radical (unpaired) electrons. The Morgan fingerprint density at radius 2 is 1.52 bits per heavy atom. The lowest BCUT2D eigenvalue weighted by Gasteiger charge is -2.18. The van der Waals surface area contributed by atoms with E-state index in [-0.39, 0.29) is 18.0 Å². The maximum absolute atomic E-state index is 12.9.